The number of rotatable bonds is 5. The zero-order valence-electron chi connectivity index (χ0n) is 12.1. The lowest BCUT2D eigenvalue weighted by Gasteiger charge is -2.18. The van der Waals surface area contributed by atoms with Crippen LogP contribution in [0.3, 0.4) is 0 Å². The Bertz CT molecular complexity index is 664. The molecule has 1 atom stereocenters. The number of para-hydroxylation sites is 1. The molecule has 0 fully saturated rings. The molecule has 2 rings (SSSR count). The van der Waals surface area contributed by atoms with E-state index >= 15 is 0 Å². The predicted octanol–water partition coefficient (Wildman–Crippen LogP) is 3.75. The molecule has 1 N–H and O–H groups in total. The minimum atomic E-state index is -0.507. The molecule has 4 heteroatoms. The molecule has 0 bridgehead atoms. The molecular weight excluding hydrogens is 267 g/mol. The van der Waals surface area contributed by atoms with E-state index in [-0.39, 0.29) is 11.6 Å². The topological polar surface area (TPSA) is 45.0 Å². The van der Waals surface area contributed by atoms with E-state index in [0.29, 0.717) is 12.1 Å². The lowest BCUT2D eigenvalue weighted by molar-refractivity contribution is 0.409. The fourth-order valence-electron chi connectivity index (χ4n) is 2.28. The van der Waals surface area contributed by atoms with Crippen LogP contribution < -0.4 is 10.1 Å². The minimum Gasteiger partial charge on any atom is -0.496 e. The Morgan fingerprint density at radius 1 is 1.24 bits per heavy atom. The summed E-state index contributed by atoms with van der Waals surface area (Å²) < 4.78 is 18.9. The molecule has 2 aromatic carbocycles. The van der Waals surface area contributed by atoms with Crippen LogP contribution in [0.1, 0.15) is 18.1 Å². The molecule has 0 aliphatic rings. The summed E-state index contributed by atoms with van der Waals surface area (Å²) >= 11 is 0. The minimum absolute atomic E-state index is 0.0372. The molecule has 0 aliphatic heterocycles. The van der Waals surface area contributed by atoms with Gasteiger partial charge in [0, 0.05) is 6.04 Å². The molecule has 108 valence electrons. The van der Waals surface area contributed by atoms with E-state index in [0.717, 1.165) is 11.3 Å². The molecule has 0 saturated heterocycles. The molecule has 21 heavy (non-hydrogen) atoms. The van der Waals surface area contributed by atoms with Crippen molar-refractivity contribution in [2.24, 2.45) is 0 Å². The number of hydrogen-bond acceptors (Lipinski definition) is 3. The molecule has 2 aromatic rings. The zero-order valence-corrected chi connectivity index (χ0v) is 12.1. The summed E-state index contributed by atoms with van der Waals surface area (Å²) in [6.07, 6.45) is 0.714. The Kier molecular flexibility index (Phi) is 4.78. The van der Waals surface area contributed by atoms with Crippen molar-refractivity contribution in [1.29, 1.82) is 5.26 Å². The van der Waals surface area contributed by atoms with Crippen molar-refractivity contribution in [1.82, 2.24) is 0 Å². The highest BCUT2D eigenvalue weighted by Crippen LogP contribution is 2.22. The average molecular weight is 284 g/mol. The largest absolute Gasteiger partial charge is 0.496 e. The van der Waals surface area contributed by atoms with E-state index in [9.17, 15) is 4.39 Å². The summed E-state index contributed by atoms with van der Waals surface area (Å²) in [7, 11) is 1.64. The Labute approximate surface area is 124 Å². The van der Waals surface area contributed by atoms with Gasteiger partial charge in [-0.25, -0.2) is 4.39 Å². The Balaban J connectivity index is 2.14. The third-order valence-electron chi connectivity index (χ3n) is 3.25. The number of nitriles is 1. The van der Waals surface area contributed by atoms with Crippen LogP contribution in [-0.2, 0) is 6.42 Å². The molecule has 1 unspecified atom stereocenters. The summed E-state index contributed by atoms with van der Waals surface area (Å²) in [6.45, 7) is 1.98. The van der Waals surface area contributed by atoms with Gasteiger partial charge in [-0.1, -0.05) is 24.3 Å². The maximum absolute atomic E-state index is 13.6. The van der Waals surface area contributed by atoms with E-state index in [1.165, 1.54) is 6.07 Å². The second kappa shape index (κ2) is 6.76. The smallest absolute Gasteiger partial charge is 0.143 e. The third-order valence-corrected chi connectivity index (χ3v) is 3.25. The molecule has 0 heterocycles. The molecule has 0 radical (unpaired) electrons. The van der Waals surface area contributed by atoms with Gasteiger partial charge in [-0.2, -0.15) is 5.26 Å². The zero-order chi connectivity index (χ0) is 15.2. The highest BCUT2D eigenvalue weighted by atomic mass is 19.1. The van der Waals surface area contributed by atoms with Crippen LogP contribution in [0.15, 0.2) is 42.5 Å². The second-order valence-electron chi connectivity index (χ2n) is 4.84. The Hall–Kier alpha value is -2.54. The summed E-state index contributed by atoms with van der Waals surface area (Å²) in [5.41, 5.74) is 1.62. The molecule has 0 aliphatic carbocycles. The van der Waals surface area contributed by atoms with Crippen molar-refractivity contribution < 1.29 is 9.13 Å². The van der Waals surface area contributed by atoms with Crippen molar-refractivity contribution in [2.75, 3.05) is 12.4 Å². The van der Waals surface area contributed by atoms with Gasteiger partial charge in [-0.3, -0.25) is 0 Å². The van der Waals surface area contributed by atoms with Crippen molar-refractivity contribution in [3.8, 4) is 11.8 Å². The first-order valence-electron chi connectivity index (χ1n) is 6.72. The maximum Gasteiger partial charge on any atom is 0.143 e. The van der Waals surface area contributed by atoms with Crippen LogP contribution in [0.25, 0.3) is 0 Å². The highest BCUT2D eigenvalue weighted by Gasteiger charge is 2.12. The predicted molar refractivity (Wildman–Crippen MR) is 80.9 cm³/mol. The second-order valence-corrected chi connectivity index (χ2v) is 4.84. The van der Waals surface area contributed by atoms with Crippen LogP contribution >= 0.6 is 0 Å². The standard InChI is InChI=1S/C17H17FN2O/c1-12(10-13-6-3-4-9-17(13)21-2)20-16-8-5-7-15(18)14(16)11-19/h3-9,12,20H,10H2,1-2H3. The number of ether oxygens (including phenoxy) is 1. The van der Waals surface area contributed by atoms with E-state index in [4.69, 9.17) is 10.00 Å². The van der Waals surface area contributed by atoms with Crippen LogP contribution in [-0.4, -0.2) is 13.2 Å². The summed E-state index contributed by atoms with van der Waals surface area (Å²) in [4.78, 5) is 0. The lowest BCUT2D eigenvalue weighted by atomic mass is 10.0. The van der Waals surface area contributed by atoms with Gasteiger partial charge >= 0.3 is 0 Å². The number of methoxy groups -OCH3 is 1. The quantitative estimate of drug-likeness (QED) is 0.909. The number of halogens is 1. The fraction of sp³-hybridized carbons (Fsp3) is 0.235. The van der Waals surface area contributed by atoms with Gasteiger partial charge in [0.15, 0.2) is 0 Å². The highest BCUT2D eigenvalue weighted by molar-refractivity contribution is 5.58. The van der Waals surface area contributed by atoms with Crippen molar-refractivity contribution in [3.63, 3.8) is 0 Å². The summed E-state index contributed by atoms with van der Waals surface area (Å²) in [5.74, 6) is 0.317. The van der Waals surface area contributed by atoms with Crippen molar-refractivity contribution >= 4 is 5.69 Å². The number of anilines is 1. The SMILES string of the molecule is COc1ccccc1CC(C)Nc1cccc(F)c1C#N. The monoisotopic (exact) mass is 284 g/mol. The van der Waals surface area contributed by atoms with Crippen LogP contribution in [0.5, 0.6) is 5.75 Å². The number of nitrogens with one attached hydrogen (secondary N) is 1. The number of benzene rings is 2. The van der Waals surface area contributed by atoms with Crippen molar-refractivity contribution in [2.45, 2.75) is 19.4 Å². The van der Waals surface area contributed by atoms with Gasteiger partial charge in [0.1, 0.15) is 23.2 Å². The van der Waals surface area contributed by atoms with Gasteiger partial charge in [-0.05, 0) is 37.1 Å². The normalized spacial score (nSPS) is 11.5. The lowest BCUT2D eigenvalue weighted by Crippen LogP contribution is -2.19. The van der Waals surface area contributed by atoms with E-state index in [1.807, 2.05) is 37.3 Å². The maximum atomic E-state index is 13.6. The Morgan fingerprint density at radius 2 is 2.00 bits per heavy atom. The summed E-state index contributed by atoms with van der Waals surface area (Å²) in [6, 6.07) is 14.3. The van der Waals surface area contributed by atoms with Gasteiger partial charge in [0.25, 0.3) is 0 Å². The molecule has 0 aromatic heterocycles. The summed E-state index contributed by atoms with van der Waals surface area (Å²) in [5, 5.41) is 12.2. The molecular formula is C17H17FN2O. The number of hydrogen-bond donors (Lipinski definition) is 1. The van der Waals surface area contributed by atoms with Crippen LogP contribution in [0.4, 0.5) is 10.1 Å². The van der Waals surface area contributed by atoms with E-state index in [1.54, 1.807) is 19.2 Å². The fourth-order valence-corrected chi connectivity index (χ4v) is 2.28. The Morgan fingerprint density at radius 3 is 2.71 bits per heavy atom. The first-order chi connectivity index (χ1) is 10.2. The van der Waals surface area contributed by atoms with Gasteiger partial charge in [0.05, 0.1) is 12.8 Å². The van der Waals surface area contributed by atoms with Gasteiger partial charge in [0.2, 0.25) is 0 Å². The van der Waals surface area contributed by atoms with Crippen LogP contribution in [0.2, 0.25) is 0 Å². The molecule has 0 amide bonds. The van der Waals surface area contributed by atoms with Crippen molar-refractivity contribution in [3.05, 3.63) is 59.4 Å². The van der Waals surface area contributed by atoms with E-state index in [2.05, 4.69) is 5.32 Å². The molecule has 3 nitrogen and oxygen atoms in total. The number of nitrogens with zero attached hydrogens (tertiary/aromatic N) is 1. The molecule has 0 saturated carbocycles. The van der Waals surface area contributed by atoms with Gasteiger partial charge in [-0.15, -0.1) is 0 Å². The van der Waals surface area contributed by atoms with Gasteiger partial charge < -0.3 is 10.1 Å². The average Bonchev–Trinajstić information content (AvgIpc) is 2.48. The first kappa shape index (κ1) is 14.9. The van der Waals surface area contributed by atoms with Crippen LogP contribution in [0, 0.1) is 17.1 Å². The molecule has 0 spiro atoms. The van der Waals surface area contributed by atoms with E-state index < -0.39 is 5.82 Å². The third kappa shape index (κ3) is 3.51. The first-order valence-corrected chi connectivity index (χ1v) is 6.72.